The van der Waals surface area contributed by atoms with Gasteiger partial charge in [0.1, 0.15) is 0 Å². The molecule has 14 heavy (non-hydrogen) atoms. The molecule has 2 heteroatoms. The second-order valence-corrected chi connectivity index (χ2v) is 5.17. The highest BCUT2D eigenvalue weighted by molar-refractivity contribution is 6.17. The summed E-state index contributed by atoms with van der Waals surface area (Å²) in [6, 6.07) is 0.849. The van der Waals surface area contributed by atoms with Gasteiger partial charge in [0.15, 0.2) is 0 Å². The third-order valence-corrected chi connectivity index (χ3v) is 3.77. The molecule has 0 aromatic heterocycles. The molecular weight excluding hydrogens is 194 g/mol. The van der Waals surface area contributed by atoms with Crippen LogP contribution in [0.15, 0.2) is 0 Å². The highest BCUT2D eigenvalue weighted by Crippen LogP contribution is 2.26. The van der Waals surface area contributed by atoms with Crippen LogP contribution in [0.3, 0.4) is 0 Å². The molecule has 0 spiro atoms. The number of hydrogen-bond donors (Lipinski definition) is 0. The summed E-state index contributed by atoms with van der Waals surface area (Å²) in [5.41, 5.74) is 0. The van der Waals surface area contributed by atoms with Crippen molar-refractivity contribution in [1.82, 2.24) is 4.90 Å². The molecule has 0 aromatic carbocycles. The van der Waals surface area contributed by atoms with Crippen LogP contribution in [0.4, 0.5) is 0 Å². The molecule has 1 nitrogen and oxygen atoms in total. The van der Waals surface area contributed by atoms with E-state index < -0.39 is 0 Å². The molecule has 0 radical (unpaired) electrons. The average molecular weight is 218 g/mol. The third kappa shape index (κ3) is 4.18. The summed E-state index contributed by atoms with van der Waals surface area (Å²) in [7, 11) is 2.27. The smallest absolute Gasteiger partial charge is 0.0223 e. The van der Waals surface area contributed by atoms with E-state index in [9.17, 15) is 0 Å². The van der Waals surface area contributed by atoms with E-state index in [-0.39, 0.29) is 0 Å². The molecule has 0 bridgehead atoms. The Morgan fingerprint density at radius 1 is 1.14 bits per heavy atom. The molecule has 0 aromatic rings. The van der Waals surface area contributed by atoms with Gasteiger partial charge in [0.2, 0.25) is 0 Å². The molecule has 0 saturated heterocycles. The molecule has 1 rings (SSSR count). The van der Waals surface area contributed by atoms with Gasteiger partial charge < -0.3 is 4.90 Å². The minimum Gasteiger partial charge on any atom is -0.303 e. The lowest BCUT2D eigenvalue weighted by molar-refractivity contribution is 0.168. The number of unbranched alkanes of at least 4 members (excludes halogenated alkanes) is 1. The van der Waals surface area contributed by atoms with Crippen LogP contribution in [0.2, 0.25) is 0 Å². The lowest BCUT2D eigenvalue weighted by atomic mass is 9.87. The third-order valence-electron chi connectivity index (χ3n) is 3.50. The predicted octanol–water partition coefficient (Wildman–Crippen LogP) is 3.52. The lowest BCUT2D eigenvalue weighted by Crippen LogP contribution is -2.35. The molecule has 0 heterocycles. The summed E-state index contributed by atoms with van der Waals surface area (Å²) in [5.74, 6) is 1.78. The molecule has 1 aliphatic carbocycles. The monoisotopic (exact) mass is 217 g/mol. The van der Waals surface area contributed by atoms with Crippen LogP contribution < -0.4 is 0 Å². The molecule has 1 saturated carbocycles. The molecule has 84 valence electrons. The van der Waals surface area contributed by atoms with Gasteiger partial charge in [-0.2, -0.15) is 0 Å². The Labute approximate surface area is 93.8 Å². The van der Waals surface area contributed by atoms with Gasteiger partial charge in [-0.3, -0.25) is 0 Å². The number of halogens is 1. The van der Waals surface area contributed by atoms with Crippen molar-refractivity contribution in [3.63, 3.8) is 0 Å². The van der Waals surface area contributed by atoms with E-state index in [2.05, 4.69) is 18.9 Å². The highest BCUT2D eigenvalue weighted by Gasteiger charge is 2.20. The second-order valence-electron chi connectivity index (χ2n) is 4.79. The van der Waals surface area contributed by atoms with E-state index in [1.807, 2.05) is 0 Å². The van der Waals surface area contributed by atoms with Crippen molar-refractivity contribution in [1.29, 1.82) is 0 Å². The second kappa shape index (κ2) is 6.68. The fourth-order valence-corrected chi connectivity index (χ4v) is 2.51. The predicted molar refractivity (Wildman–Crippen MR) is 64.0 cm³/mol. The van der Waals surface area contributed by atoms with Crippen LogP contribution in [0.25, 0.3) is 0 Å². The van der Waals surface area contributed by atoms with E-state index >= 15 is 0 Å². The molecule has 1 aliphatic rings. The fourth-order valence-electron chi connectivity index (χ4n) is 2.32. The van der Waals surface area contributed by atoms with E-state index in [1.165, 1.54) is 38.6 Å². The molecule has 0 aliphatic heterocycles. The Morgan fingerprint density at radius 2 is 1.79 bits per heavy atom. The Hall–Kier alpha value is 0.250. The number of alkyl halides is 1. The van der Waals surface area contributed by atoms with Gasteiger partial charge in [-0.15, -0.1) is 11.6 Å². The van der Waals surface area contributed by atoms with Crippen LogP contribution >= 0.6 is 11.6 Å². The molecule has 0 atom stereocenters. The SMILES string of the molecule is CC1CCC(N(C)CCCCCl)CC1. The Balaban J connectivity index is 2.13. The van der Waals surface area contributed by atoms with E-state index in [0.29, 0.717) is 0 Å². The first-order chi connectivity index (χ1) is 6.74. The zero-order valence-electron chi connectivity index (χ0n) is 9.64. The van der Waals surface area contributed by atoms with Crippen molar-refractivity contribution in [2.75, 3.05) is 19.5 Å². The van der Waals surface area contributed by atoms with Crippen molar-refractivity contribution < 1.29 is 0 Å². The first-order valence-corrected chi connectivity index (χ1v) is 6.53. The summed E-state index contributed by atoms with van der Waals surface area (Å²) in [6.45, 7) is 3.61. The molecular formula is C12H24ClN. The Morgan fingerprint density at radius 3 is 2.36 bits per heavy atom. The number of hydrogen-bond acceptors (Lipinski definition) is 1. The first-order valence-electron chi connectivity index (χ1n) is 6.00. The molecule has 0 amide bonds. The van der Waals surface area contributed by atoms with Crippen LogP contribution in [-0.2, 0) is 0 Å². The van der Waals surface area contributed by atoms with Gasteiger partial charge in [-0.25, -0.2) is 0 Å². The van der Waals surface area contributed by atoms with E-state index in [4.69, 9.17) is 11.6 Å². The maximum absolute atomic E-state index is 5.67. The lowest BCUT2D eigenvalue weighted by Gasteiger charge is -2.33. The topological polar surface area (TPSA) is 3.24 Å². The summed E-state index contributed by atoms with van der Waals surface area (Å²) in [5, 5.41) is 0. The Bertz CT molecular complexity index is 141. The number of nitrogens with zero attached hydrogens (tertiary/aromatic N) is 1. The summed E-state index contributed by atoms with van der Waals surface area (Å²) in [4.78, 5) is 2.54. The van der Waals surface area contributed by atoms with Gasteiger partial charge in [0, 0.05) is 11.9 Å². The van der Waals surface area contributed by atoms with Crippen molar-refractivity contribution in [2.24, 2.45) is 5.92 Å². The molecule has 0 unspecified atom stereocenters. The van der Waals surface area contributed by atoms with E-state index in [1.54, 1.807) is 0 Å². The summed E-state index contributed by atoms with van der Waals surface area (Å²) >= 11 is 5.67. The van der Waals surface area contributed by atoms with Crippen LogP contribution in [0, 0.1) is 5.92 Å². The van der Waals surface area contributed by atoms with Crippen molar-refractivity contribution in [3.05, 3.63) is 0 Å². The van der Waals surface area contributed by atoms with E-state index in [0.717, 1.165) is 24.3 Å². The van der Waals surface area contributed by atoms with Crippen LogP contribution in [-0.4, -0.2) is 30.4 Å². The zero-order chi connectivity index (χ0) is 10.4. The maximum Gasteiger partial charge on any atom is 0.0223 e. The summed E-state index contributed by atoms with van der Waals surface area (Å²) < 4.78 is 0. The van der Waals surface area contributed by atoms with Gasteiger partial charge in [0.05, 0.1) is 0 Å². The minimum absolute atomic E-state index is 0.815. The maximum atomic E-state index is 5.67. The quantitative estimate of drug-likeness (QED) is 0.503. The first kappa shape index (κ1) is 12.3. The molecule has 0 N–H and O–H groups in total. The van der Waals surface area contributed by atoms with Crippen LogP contribution in [0.5, 0.6) is 0 Å². The summed E-state index contributed by atoms with van der Waals surface area (Å²) in [6.07, 6.45) is 8.06. The normalized spacial score (nSPS) is 28.3. The highest BCUT2D eigenvalue weighted by atomic mass is 35.5. The van der Waals surface area contributed by atoms with Crippen molar-refractivity contribution in [3.8, 4) is 0 Å². The Kier molecular flexibility index (Phi) is 5.88. The van der Waals surface area contributed by atoms with Gasteiger partial charge in [-0.05, 0) is 58.0 Å². The number of rotatable bonds is 5. The van der Waals surface area contributed by atoms with Gasteiger partial charge in [0.25, 0.3) is 0 Å². The average Bonchev–Trinajstić information content (AvgIpc) is 2.19. The zero-order valence-corrected chi connectivity index (χ0v) is 10.4. The van der Waals surface area contributed by atoms with Gasteiger partial charge >= 0.3 is 0 Å². The van der Waals surface area contributed by atoms with Crippen molar-refractivity contribution in [2.45, 2.75) is 51.5 Å². The van der Waals surface area contributed by atoms with Crippen LogP contribution in [0.1, 0.15) is 45.4 Å². The van der Waals surface area contributed by atoms with Gasteiger partial charge in [-0.1, -0.05) is 6.92 Å². The standard InChI is InChI=1S/C12H24ClN/c1-11-5-7-12(8-6-11)14(2)10-4-3-9-13/h11-12H,3-10H2,1-2H3. The minimum atomic E-state index is 0.815. The fraction of sp³-hybridized carbons (Fsp3) is 1.00. The van der Waals surface area contributed by atoms with Crippen molar-refractivity contribution >= 4 is 11.6 Å². The molecule has 1 fully saturated rings. The largest absolute Gasteiger partial charge is 0.303 e.